The maximum Gasteiger partial charge on any atom is 0.262 e. The van der Waals surface area contributed by atoms with Gasteiger partial charge in [0.2, 0.25) is 10.0 Å². The zero-order valence-corrected chi connectivity index (χ0v) is 17.9. The second-order valence-electron chi connectivity index (χ2n) is 5.89. The smallest absolute Gasteiger partial charge is 0.262 e. The molecule has 0 saturated carbocycles. The molecule has 0 aliphatic carbocycles. The first-order chi connectivity index (χ1) is 13.8. The number of rotatable bonds is 10. The van der Waals surface area contributed by atoms with Crippen LogP contribution in [-0.4, -0.2) is 41.7 Å². The highest BCUT2D eigenvalue weighted by atomic mass is 35.5. The molecule has 0 radical (unpaired) electrons. The summed E-state index contributed by atoms with van der Waals surface area (Å²) in [6.45, 7) is 1.85. The molecule has 0 aliphatic rings. The lowest BCUT2D eigenvalue weighted by Gasteiger charge is -2.13. The van der Waals surface area contributed by atoms with Crippen molar-refractivity contribution in [2.24, 2.45) is 0 Å². The van der Waals surface area contributed by atoms with E-state index in [4.69, 9.17) is 25.8 Å². The van der Waals surface area contributed by atoms with Gasteiger partial charge in [-0.2, -0.15) is 0 Å². The molecule has 0 bridgehead atoms. The predicted octanol–water partition coefficient (Wildman–Crippen LogP) is 3.06. The Morgan fingerprint density at radius 1 is 1.07 bits per heavy atom. The number of methoxy groups -OCH3 is 2. The summed E-state index contributed by atoms with van der Waals surface area (Å²) in [4.78, 5) is 12.2. The molecule has 0 unspecified atom stereocenters. The lowest BCUT2D eigenvalue weighted by Crippen LogP contribution is -2.24. The van der Waals surface area contributed by atoms with Crippen molar-refractivity contribution in [2.75, 3.05) is 32.7 Å². The SMILES string of the molecule is CCCNS(=O)(=O)c1ccc(OCC(=O)Nc2cc(OC)ccc2OC)c(Cl)c1. The van der Waals surface area contributed by atoms with Gasteiger partial charge >= 0.3 is 0 Å². The number of carbonyl (C=O) groups excluding carboxylic acids is 1. The minimum atomic E-state index is -3.64. The molecule has 2 rings (SSSR count). The van der Waals surface area contributed by atoms with Crippen molar-refractivity contribution in [1.82, 2.24) is 4.72 Å². The molecule has 2 aromatic rings. The summed E-state index contributed by atoms with van der Waals surface area (Å²) in [5, 5.41) is 2.75. The molecule has 2 aromatic carbocycles. The fourth-order valence-electron chi connectivity index (χ4n) is 2.33. The number of halogens is 1. The molecule has 0 saturated heterocycles. The number of benzene rings is 2. The monoisotopic (exact) mass is 442 g/mol. The van der Waals surface area contributed by atoms with Crippen LogP contribution < -0.4 is 24.2 Å². The van der Waals surface area contributed by atoms with Crippen LogP contribution in [0.25, 0.3) is 0 Å². The van der Waals surface area contributed by atoms with Crippen molar-refractivity contribution < 1.29 is 27.4 Å². The molecule has 0 atom stereocenters. The van der Waals surface area contributed by atoms with Crippen LogP contribution in [0.3, 0.4) is 0 Å². The van der Waals surface area contributed by atoms with E-state index in [1.807, 2.05) is 6.92 Å². The highest BCUT2D eigenvalue weighted by Crippen LogP contribution is 2.30. The normalized spacial score (nSPS) is 11.0. The Bertz CT molecular complexity index is 965. The lowest BCUT2D eigenvalue weighted by atomic mass is 10.2. The van der Waals surface area contributed by atoms with Crippen LogP contribution in [0.5, 0.6) is 17.2 Å². The zero-order chi connectivity index (χ0) is 21.4. The van der Waals surface area contributed by atoms with Crippen LogP contribution in [0.15, 0.2) is 41.3 Å². The number of sulfonamides is 1. The third-order valence-corrected chi connectivity index (χ3v) is 5.55. The molecule has 158 valence electrons. The van der Waals surface area contributed by atoms with Gasteiger partial charge in [0.15, 0.2) is 6.61 Å². The number of carbonyl (C=O) groups is 1. The van der Waals surface area contributed by atoms with Gasteiger partial charge in [-0.05, 0) is 36.8 Å². The molecule has 0 aliphatic heterocycles. The van der Waals surface area contributed by atoms with E-state index >= 15 is 0 Å². The summed E-state index contributed by atoms with van der Waals surface area (Å²) in [6, 6.07) is 9.03. The average Bonchev–Trinajstić information content (AvgIpc) is 2.71. The predicted molar refractivity (Wildman–Crippen MR) is 111 cm³/mol. The largest absolute Gasteiger partial charge is 0.497 e. The van der Waals surface area contributed by atoms with Gasteiger partial charge in [0.1, 0.15) is 17.2 Å². The summed E-state index contributed by atoms with van der Waals surface area (Å²) >= 11 is 6.11. The number of hydrogen-bond donors (Lipinski definition) is 2. The van der Waals surface area contributed by atoms with Crippen molar-refractivity contribution in [1.29, 1.82) is 0 Å². The summed E-state index contributed by atoms with van der Waals surface area (Å²) < 4.78 is 42.5. The summed E-state index contributed by atoms with van der Waals surface area (Å²) in [5.74, 6) is 0.757. The molecule has 0 spiro atoms. The van der Waals surface area contributed by atoms with E-state index < -0.39 is 15.9 Å². The van der Waals surface area contributed by atoms with E-state index in [1.165, 1.54) is 32.4 Å². The molecule has 0 heterocycles. The topological polar surface area (TPSA) is 103 Å². The van der Waals surface area contributed by atoms with Gasteiger partial charge < -0.3 is 19.5 Å². The fourth-order valence-corrected chi connectivity index (χ4v) is 3.79. The van der Waals surface area contributed by atoms with Crippen LogP contribution in [-0.2, 0) is 14.8 Å². The van der Waals surface area contributed by atoms with Crippen LogP contribution >= 0.6 is 11.6 Å². The standard InChI is InChI=1S/C19H23ClN2O6S/c1-4-9-21-29(24,25)14-6-8-17(15(20)11-14)28-12-19(23)22-16-10-13(26-2)5-7-18(16)27-3/h5-8,10-11,21H,4,9,12H2,1-3H3,(H,22,23). The van der Waals surface area contributed by atoms with Gasteiger partial charge in [-0.1, -0.05) is 18.5 Å². The number of anilines is 1. The van der Waals surface area contributed by atoms with E-state index in [0.29, 0.717) is 30.2 Å². The van der Waals surface area contributed by atoms with Gasteiger partial charge in [0.05, 0.1) is 29.8 Å². The third-order valence-electron chi connectivity index (χ3n) is 3.80. The van der Waals surface area contributed by atoms with E-state index in [1.54, 1.807) is 18.2 Å². The highest BCUT2D eigenvalue weighted by molar-refractivity contribution is 7.89. The van der Waals surface area contributed by atoms with E-state index in [-0.39, 0.29) is 22.3 Å². The minimum absolute atomic E-state index is 0.0221. The van der Waals surface area contributed by atoms with Gasteiger partial charge in [-0.25, -0.2) is 13.1 Å². The molecule has 8 nitrogen and oxygen atoms in total. The third kappa shape index (κ3) is 6.25. The Morgan fingerprint density at radius 3 is 2.41 bits per heavy atom. The zero-order valence-electron chi connectivity index (χ0n) is 16.3. The maximum atomic E-state index is 12.2. The Labute approximate surface area is 175 Å². The van der Waals surface area contributed by atoms with Gasteiger partial charge in [0.25, 0.3) is 5.91 Å². The van der Waals surface area contributed by atoms with Gasteiger partial charge in [0, 0.05) is 12.6 Å². The summed E-state index contributed by atoms with van der Waals surface area (Å²) in [7, 11) is -0.644. The minimum Gasteiger partial charge on any atom is -0.497 e. The van der Waals surface area contributed by atoms with E-state index in [9.17, 15) is 13.2 Å². The van der Waals surface area contributed by atoms with Crippen molar-refractivity contribution in [3.8, 4) is 17.2 Å². The second kappa shape index (κ2) is 10.3. The van der Waals surface area contributed by atoms with Crippen molar-refractivity contribution in [2.45, 2.75) is 18.2 Å². The van der Waals surface area contributed by atoms with Gasteiger partial charge in [-0.15, -0.1) is 0 Å². The molecule has 29 heavy (non-hydrogen) atoms. The Balaban J connectivity index is 2.04. The van der Waals surface area contributed by atoms with Crippen molar-refractivity contribution >= 4 is 33.2 Å². The van der Waals surface area contributed by atoms with Crippen LogP contribution in [0.1, 0.15) is 13.3 Å². The molecule has 2 N–H and O–H groups in total. The van der Waals surface area contributed by atoms with Crippen molar-refractivity contribution in [3.05, 3.63) is 41.4 Å². The van der Waals surface area contributed by atoms with Crippen LogP contribution in [0.2, 0.25) is 5.02 Å². The summed E-state index contributed by atoms with van der Waals surface area (Å²) in [5.41, 5.74) is 0.426. The van der Waals surface area contributed by atoms with E-state index in [2.05, 4.69) is 10.0 Å². The molecule has 10 heteroatoms. The quantitative estimate of drug-likeness (QED) is 0.586. The number of amides is 1. The molecule has 0 fully saturated rings. The molecule has 0 aromatic heterocycles. The Morgan fingerprint density at radius 2 is 1.79 bits per heavy atom. The molecule has 1 amide bonds. The molecular weight excluding hydrogens is 420 g/mol. The van der Waals surface area contributed by atoms with E-state index in [0.717, 1.165) is 0 Å². The number of ether oxygens (including phenoxy) is 3. The first kappa shape index (κ1) is 22.8. The highest BCUT2D eigenvalue weighted by Gasteiger charge is 2.16. The van der Waals surface area contributed by atoms with Crippen LogP contribution in [0, 0.1) is 0 Å². The Hall–Kier alpha value is -2.49. The second-order valence-corrected chi connectivity index (χ2v) is 8.07. The van der Waals surface area contributed by atoms with Crippen molar-refractivity contribution in [3.63, 3.8) is 0 Å². The lowest BCUT2D eigenvalue weighted by molar-refractivity contribution is -0.118. The number of hydrogen-bond acceptors (Lipinski definition) is 6. The fraction of sp³-hybridized carbons (Fsp3) is 0.316. The first-order valence-corrected chi connectivity index (χ1v) is 10.6. The molecular formula is C19H23ClN2O6S. The van der Waals surface area contributed by atoms with Crippen LogP contribution in [0.4, 0.5) is 5.69 Å². The maximum absolute atomic E-state index is 12.2. The summed E-state index contributed by atoms with van der Waals surface area (Å²) in [6.07, 6.45) is 0.668. The first-order valence-electron chi connectivity index (χ1n) is 8.74. The van der Waals surface area contributed by atoms with Gasteiger partial charge in [-0.3, -0.25) is 4.79 Å². The average molecular weight is 443 g/mol. The number of nitrogens with one attached hydrogen (secondary N) is 2. The Kier molecular flexibility index (Phi) is 8.12.